The van der Waals surface area contributed by atoms with E-state index >= 15 is 0 Å². The van der Waals surface area contributed by atoms with Crippen molar-refractivity contribution in [2.75, 3.05) is 24.9 Å². The van der Waals surface area contributed by atoms with Crippen LogP contribution in [0, 0.1) is 0 Å². The topological polar surface area (TPSA) is 59.6 Å². The van der Waals surface area contributed by atoms with Crippen molar-refractivity contribution in [1.82, 2.24) is 0 Å². The summed E-state index contributed by atoms with van der Waals surface area (Å²) < 4.78 is 10.8. The standard InChI is InChI=1S/C23H20N2O3/c1-27-19-13-17-18(14-20(19)28-2)25-23(26)21(17)22(15-9-5-3-6-10-15)24-16-11-7-4-8-12-16/h3-14,24H,1-2H3,(H,25,26). The quantitative estimate of drug-likeness (QED) is 0.641. The summed E-state index contributed by atoms with van der Waals surface area (Å²) in [6, 6.07) is 23.2. The molecule has 5 nitrogen and oxygen atoms in total. The molecule has 1 heterocycles. The Morgan fingerprint density at radius 1 is 0.857 bits per heavy atom. The number of hydrogen-bond donors (Lipinski definition) is 2. The summed E-state index contributed by atoms with van der Waals surface area (Å²) >= 11 is 0. The molecule has 0 atom stereocenters. The van der Waals surface area contributed by atoms with E-state index in [1.165, 1.54) is 0 Å². The molecule has 28 heavy (non-hydrogen) atoms. The number of para-hydroxylation sites is 1. The maximum absolute atomic E-state index is 12.9. The van der Waals surface area contributed by atoms with E-state index in [1.807, 2.05) is 66.7 Å². The van der Waals surface area contributed by atoms with Crippen LogP contribution in [0.15, 0.2) is 72.8 Å². The van der Waals surface area contributed by atoms with Gasteiger partial charge in [-0.25, -0.2) is 0 Å². The van der Waals surface area contributed by atoms with Gasteiger partial charge in [0.25, 0.3) is 5.91 Å². The lowest BCUT2D eigenvalue weighted by Gasteiger charge is -2.15. The zero-order valence-electron chi connectivity index (χ0n) is 15.7. The van der Waals surface area contributed by atoms with Crippen molar-refractivity contribution in [1.29, 1.82) is 0 Å². The zero-order valence-corrected chi connectivity index (χ0v) is 15.7. The Labute approximate surface area is 163 Å². The van der Waals surface area contributed by atoms with Crippen molar-refractivity contribution in [3.63, 3.8) is 0 Å². The summed E-state index contributed by atoms with van der Waals surface area (Å²) in [7, 11) is 3.16. The molecule has 3 aromatic rings. The van der Waals surface area contributed by atoms with E-state index in [2.05, 4.69) is 10.6 Å². The van der Waals surface area contributed by atoms with Gasteiger partial charge in [0.1, 0.15) is 0 Å². The van der Waals surface area contributed by atoms with Crippen LogP contribution in [-0.4, -0.2) is 20.1 Å². The molecule has 0 radical (unpaired) electrons. The Hall–Kier alpha value is -3.73. The molecule has 1 aliphatic heterocycles. The van der Waals surface area contributed by atoms with Gasteiger partial charge in [-0.15, -0.1) is 0 Å². The van der Waals surface area contributed by atoms with Gasteiger partial charge in [0.2, 0.25) is 0 Å². The number of ether oxygens (including phenoxy) is 2. The third-order valence-electron chi connectivity index (χ3n) is 4.62. The third-order valence-corrected chi connectivity index (χ3v) is 4.62. The van der Waals surface area contributed by atoms with Gasteiger partial charge in [-0.2, -0.15) is 0 Å². The molecule has 0 aromatic heterocycles. The van der Waals surface area contributed by atoms with Crippen molar-refractivity contribution in [3.05, 3.63) is 83.9 Å². The largest absolute Gasteiger partial charge is 0.493 e. The normalized spacial score (nSPS) is 14.1. The van der Waals surface area contributed by atoms with Gasteiger partial charge in [0, 0.05) is 17.3 Å². The zero-order chi connectivity index (χ0) is 19.5. The molecule has 0 fully saturated rings. The van der Waals surface area contributed by atoms with Crippen LogP contribution in [0.1, 0.15) is 11.1 Å². The van der Waals surface area contributed by atoms with E-state index in [9.17, 15) is 4.79 Å². The summed E-state index contributed by atoms with van der Waals surface area (Å²) in [6.45, 7) is 0. The number of nitrogens with one attached hydrogen (secondary N) is 2. The van der Waals surface area contributed by atoms with E-state index in [0.29, 0.717) is 22.8 Å². The molecule has 5 heteroatoms. The first-order valence-electron chi connectivity index (χ1n) is 8.90. The highest BCUT2D eigenvalue weighted by Crippen LogP contribution is 2.43. The number of benzene rings is 3. The Bertz CT molecular complexity index is 1040. The fourth-order valence-corrected chi connectivity index (χ4v) is 3.29. The molecular weight excluding hydrogens is 352 g/mol. The predicted octanol–water partition coefficient (Wildman–Crippen LogP) is 4.64. The molecular formula is C23H20N2O3. The third kappa shape index (κ3) is 3.18. The smallest absolute Gasteiger partial charge is 0.258 e. The van der Waals surface area contributed by atoms with E-state index in [-0.39, 0.29) is 5.91 Å². The minimum absolute atomic E-state index is 0.174. The van der Waals surface area contributed by atoms with E-state index in [1.54, 1.807) is 20.3 Å². The SMILES string of the molecule is COc1cc2c(cc1OC)C(=C(Nc1ccccc1)c1ccccc1)C(=O)N2. The second-order valence-corrected chi connectivity index (χ2v) is 6.31. The van der Waals surface area contributed by atoms with Crippen LogP contribution in [0.5, 0.6) is 11.5 Å². The molecule has 140 valence electrons. The van der Waals surface area contributed by atoms with Crippen molar-refractivity contribution in [2.45, 2.75) is 0 Å². The maximum atomic E-state index is 12.9. The van der Waals surface area contributed by atoms with Crippen LogP contribution in [0.25, 0.3) is 11.3 Å². The Kier molecular flexibility index (Phi) is 4.72. The van der Waals surface area contributed by atoms with Gasteiger partial charge in [0.05, 0.1) is 31.2 Å². The highest BCUT2D eigenvalue weighted by molar-refractivity contribution is 6.37. The summed E-state index contributed by atoms with van der Waals surface area (Å²) in [6.07, 6.45) is 0. The summed E-state index contributed by atoms with van der Waals surface area (Å²) in [4.78, 5) is 12.9. The molecule has 4 rings (SSSR count). The van der Waals surface area contributed by atoms with Crippen molar-refractivity contribution in [2.24, 2.45) is 0 Å². The van der Waals surface area contributed by atoms with Gasteiger partial charge >= 0.3 is 0 Å². The molecule has 1 amide bonds. The van der Waals surface area contributed by atoms with Gasteiger partial charge in [-0.1, -0.05) is 48.5 Å². The van der Waals surface area contributed by atoms with Crippen LogP contribution in [-0.2, 0) is 4.79 Å². The minimum Gasteiger partial charge on any atom is -0.493 e. The van der Waals surface area contributed by atoms with Gasteiger partial charge < -0.3 is 20.1 Å². The lowest BCUT2D eigenvalue weighted by atomic mass is 9.99. The van der Waals surface area contributed by atoms with E-state index in [0.717, 1.165) is 22.5 Å². The Morgan fingerprint density at radius 3 is 2.11 bits per heavy atom. The molecule has 0 bridgehead atoms. The highest BCUT2D eigenvalue weighted by atomic mass is 16.5. The van der Waals surface area contributed by atoms with Gasteiger partial charge in [0.15, 0.2) is 11.5 Å². The van der Waals surface area contributed by atoms with Crippen molar-refractivity contribution >= 4 is 28.6 Å². The van der Waals surface area contributed by atoms with Crippen LogP contribution in [0.2, 0.25) is 0 Å². The molecule has 0 spiro atoms. The number of anilines is 2. The maximum Gasteiger partial charge on any atom is 0.258 e. The number of carbonyl (C=O) groups excluding carboxylic acids is 1. The first-order chi connectivity index (χ1) is 13.7. The van der Waals surface area contributed by atoms with E-state index < -0.39 is 0 Å². The summed E-state index contributed by atoms with van der Waals surface area (Å²) in [5.41, 5.74) is 4.57. The minimum atomic E-state index is -0.174. The molecule has 0 saturated heterocycles. The van der Waals surface area contributed by atoms with Crippen LogP contribution >= 0.6 is 0 Å². The van der Waals surface area contributed by atoms with Gasteiger partial charge in [-0.05, 0) is 23.8 Å². The van der Waals surface area contributed by atoms with Crippen LogP contribution < -0.4 is 20.1 Å². The Balaban J connectivity index is 1.93. The molecule has 3 aromatic carbocycles. The first kappa shape index (κ1) is 17.7. The number of amides is 1. The van der Waals surface area contributed by atoms with Crippen LogP contribution in [0.4, 0.5) is 11.4 Å². The average Bonchev–Trinajstić information content (AvgIpc) is 3.06. The van der Waals surface area contributed by atoms with Gasteiger partial charge in [-0.3, -0.25) is 4.79 Å². The molecule has 0 unspecified atom stereocenters. The average molecular weight is 372 g/mol. The highest BCUT2D eigenvalue weighted by Gasteiger charge is 2.30. The fourth-order valence-electron chi connectivity index (χ4n) is 3.29. The lowest BCUT2D eigenvalue weighted by molar-refractivity contribution is -0.110. The van der Waals surface area contributed by atoms with Crippen LogP contribution in [0.3, 0.4) is 0 Å². The molecule has 0 saturated carbocycles. The lowest BCUT2D eigenvalue weighted by Crippen LogP contribution is -2.10. The molecule has 0 aliphatic carbocycles. The summed E-state index contributed by atoms with van der Waals surface area (Å²) in [5, 5.41) is 6.36. The fraction of sp³-hybridized carbons (Fsp3) is 0.0870. The molecule has 1 aliphatic rings. The second-order valence-electron chi connectivity index (χ2n) is 6.31. The number of rotatable bonds is 5. The van der Waals surface area contributed by atoms with Crippen molar-refractivity contribution in [3.8, 4) is 11.5 Å². The number of methoxy groups -OCH3 is 2. The van der Waals surface area contributed by atoms with Crippen molar-refractivity contribution < 1.29 is 14.3 Å². The summed E-state index contributed by atoms with van der Waals surface area (Å²) in [5.74, 6) is 0.968. The second kappa shape index (κ2) is 7.48. The number of hydrogen-bond acceptors (Lipinski definition) is 4. The first-order valence-corrected chi connectivity index (χ1v) is 8.90. The Morgan fingerprint density at radius 2 is 1.46 bits per heavy atom. The monoisotopic (exact) mass is 372 g/mol. The number of carbonyl (C=O) groups is 1. The predicted molar refractivity (Wildman–Crippen MR) is 111 cm³/mol. The number of fused-ring (bicyclic) bond motifs is 1. The van der Waals surface area contributed by atoms with E-state index in [4.69, 9.17) is 9.47 Å². The molecule has 2 N–H and O–H groups in total.